The molecule has 0 aromatic heterocycles. The van der Waals surface area contributed by atoms with E-state index in [4.69, 9.17) is 0 Å². The molecule has 0 saturated carbocycles. The minimum Gasteiger partial charge on any atom is -0.0995 e. The fourth-order valence-electron chi connectivity index (χ4n) is 4.08. The van der Waals surface area contributed by atoms with E-state index in [-0.39, 0.29) is 5.41 Å². The third kappa shape index (κ3) is 5.60. The Morgan fingerprint density at radius 2 is 1.66 bits per heavy atom. The fourth-order valence-corrected chi connectivity index (χ4v) is 4.08. The second kappa shape index (κ2) is 8.99. The van der Waals surface area contributed by atoms with E-state index < -0.39 is 0 Å². The van der Waals surface area contributed by atoms with Crippen molar-refractivity contribution >= 4 is 10.8 Å². The number of aryl methyl sites for hydroxylation is 1. The Morgan fingerprint density at radius 1 is 0.966 bits per heavy atom. The van der Waals surface area contributed by atoms with Gasteiger partial charge in [-0.1, -0.05) is 106 Å². The summed E-state index contributed by atoms with van der Waals surface area (Å²) in [6.07, 6.45) is 4.50. The van der Waals surface area contributed by atoms with Gasteiger partial charge in [-0.15, -0.1) is 0 Å². The van der Waals surface area contributed by atoms with Crippen molar-refractivity contribution in [2.24, 2.45) is 0 Å². The topological polar surface area (TPSA) is 0 Å². The van der Waals surface area contributed by atoms with Gasteiger partial charge in [-0.3, -0.25) is 0 Å². The van der Waals surface area contributed by atoms with Gasteiger partial charge < -0.3 is 0 Å². The van der Waals surface area contributed by atoms with E-state index in [2.05, 4.69) is 102 Å². The lowest BCUT2D eigenvalue weighted by Gasteiger charge is -2.23. The van der Waals surface area contributed by atoms with Crippen LogP contribution in [0.4, 0.5) is 0 Å². The standard InChI is InChI=1S/C29H36/c1-21-14-16-24(17-15-21)18-22(2)10-9-11-23(3)28-20-26(29(4,5)6)19-25-12-7-8-13-27(25)28/h7-8,12-17,19-20,23H,2,9-11,18H2,1,3-6H3. The zero-order valence-electron chi connectivity index (χ0n) is 18.9. The van der Waals surface area contributed by atoms with E-state index in [0.717, 1.165) is 12.8 Å². The SMILES string of the molecule is C=C(CCCC(C)c1cc(C(C)(C)C)cc2ccccc12)Cc1ccc(C)cc1. The first kappa shape index (κ1) is 21.4. The van der Waals surface area contributed by atoms with E-state index in [1.165, 1.54) is 51.4 Å². The molecule has 3 aromatic carbocycles. The van der Waals surface area contributed by atoms with E-state index in [9.17, 15) is 0 Å². The van der Waals surface area contributed by atoms with Crippen LogP contribution in [0.2, 0.25) is 0 Å². The van der Waals surface area contributed by atoms with Crippen LogP contribution in [0, 0.1) is 6.92 Å². The van der Waals surface area contributed by atoms with E-state index >= 15 is 0 Å². The van der Waals surface area contributed by atoms with Crippen LogP contribution in [-0.2, 0) is 11.8 Å². The number of fused-ring (bicyclic) bond motifs is 1. The first-order valence-corrected chi connectivity index (χ1v) is 11.0. The van der Waals surface area contributed by atoms with Crippen LogP contribution >= 0.6 is 0 Å². The molecule has 0 aliphatic carbocycles. The molecule has 3 aromatic rings. The Kier molecular flexibility index (Phi) is 6.63. The Balaban J connectivity index is 1.67. The molecule has 0 amide bonds. The summed E-state index contributed by atoms with van der Waals surface area (Å²) in [5, 5.41) is 2.78. The van der Waals surface area contributed by atoms with E-state index in [1.807, 2.05) is 0 Å². The van der Waals surface area contributed by atoms with Crippen LogP contribution in [0.25, 0.3) is 10.8 Å². The number of allylic oxidation sites excluding steroid dienone is 1. The first-order chi connectivity index (χ1) is 13.7. The van der Waals surface area contributed by atoms with Gasteiger partial charge in [-0.2, -0.15) is 0 Å². The number of hydrogen-bond donors (Lipinski definition) is 0. The lowest BCUT2D eigenvalue weighted by atomic mass is 9.81. The van der Waals surface area contributed by atoms with Gasteiger partial charge in [-0.05, 0) is 71.4 Å². The number of rotatable bonds is 7. The lowest BCUT2D eigenvalue weighted by Crippen LogP contribution is -2.12. The Morgan fingerprint density at radius 3 is 2.34 bits per heavy atom. The fraction of sp³-hybridized carbons (Fsp3) is 0.379. The summed E-state index contributed by atoms with van der Waals surface area (Å²) >= 11 is 0. The zero-order chi connectivity index (χ0) is 21.0. The second-order valence-electron chi connectivity index (χ2n) is 9.74. The van der Waals surface area contributed by atoms with Crippen molar-refractivity contribution in [3.05, 3.63) is 95.1 Å². The molecule has 0 N–H and O–H groups in total. The van der Waals surface area contributed by atoms with Gasteiger partial charge in [0, 0.05) is 0 Å². The normalized spacial score (nSPS) is 12.9. The Hall–Kier alpha value is -2.34. The van der Waals surface area contributed by atoms with Crippen LogP contribution < -0.4 is 0 Å². The van der Waals surface area contributed by atoms with Crippen molar-refractivity contribution in [1.29, 1.82) is 0 Å². The maximum atomic E-state index is 4.34. The summed E-state index contributed by atoms with van der Waals surface area (Å²) in [4.78, 5) is 0. The van der Waals surface area contributed by atoms with Gasteiger partial charge in [0.15, 0.2) is 0 Å². The van der Waals surface area contributed by atoms with Crippen LogP contribution in [-0.4, -0.2) is 0 Å². The lowest BCUT2D eigenvalue weighted by molar-refractivity contribution is 0.585. The van der Waals surface area contributed by atoms with Crippen molar-refractivity contribution in [2.75, 3.05) is 0 Å². The summed E-state index contributed by atoms with van der Waals surface area (Å²) in [5.41, 5.74) is 7.13. The molecule has 3 rings (SSSR count). The quantitative estimate of drug-likeness (QED) is 0.358. The smallest absolute Gasteiger partial charge is 0.00698 e. The number of hydrogen-bond acceptors (Lipinski definition) is 0. The van der Waals surface area contributed by atoms with Crippen molar-refractivity contribution in [1.82, 2.24) is 0 Å². The van der Waals surface area contributed by atoms with Gasteiger partial charge in [0.25, 0.3) is 0 Å². The third-order valence-electron chi connectivity index (χ3n) is 6.03. The van der Waals surface area contributed by atoms with Crippen molar-refractivity contribution < 1.29 is 0 Å². The zero-order valence-corrected chi connectivity index (χ0v) is 18.9. The summed E-state index contributed by atoms with van der Waals surface area (Å²) < 4.78 is 0. The molecule has 152 valence electrons. The summed E-state index contributed by atoms with van der Waals surface area (Å²) in [5.74, 6) is 0.550. The molecule has 0 spiro atoms. The highest BCUT2D eigenvalue weighted by molar-refractivity contribution is 5.87. The Bertz CT molecular complexity index is 967. The molecule has 0 saturated heterocycles. The molecular weight excluding hydrogens is 348 g/mol. The number of benzene rings is 3. The summed E-state index contributed by atoms with van der Waals surface area (Å²) in [6, 6.07) is 22.5. The minimum absolute atomic E-state index is 0.167. The van der Waals surface area contributed by atoms with Gasteiger partial charge in [-0.25, -0.2) is 0 Å². The molecule has 0 radical (unpaired) electrons. The predicted molar refractivity (Wildman–Crippen MR) is 129 cm³/mol. The van der Waals surface area contributed by atoms with Crippen molar-refractivity contribution in [2.45, 2.75) is 71.6 Å². The molecule has 0 aliphatic heterocycles. The van der Waals surface area contributed by atoms with Gasteiger partial charge >= 0.3 is 0 Å². The summed E-state index contributed by atoms with van der Waals surface area (Å²) in [6.45, 7) is 15.8. The van der Waals surface area contributed by atoms with Gasteiger partial charge in [0.1, 0.15) is 0 Å². The van der Waals surface area contributed by atoms with Crippen LogP contribution in [0.3, 0.4) is 0 Å². The minimum atomic E-state index is 0.167. The molecule has 0 fully saturated rings. The average Bonchev–Trinajstić information content (AvgIpc) is 2.68. The molecule has 0 aliphatic rings. The predicted octanol–water partition coefficient (Wildman–Crippen LogP) is 8.52. The monoisotopic (exact) mass is 384 g/mol. The molecule has 1 atom stereocenters. The van der Waals surface area contributed by atoms with Crippen molar-refractivity contribution in [3.63, 3.8) is 0 Å². The summed E-state index contributed by atoms with van der Waals surface area (Å²) in [7, 11) is 0. The molecule has 0 nitrogen and oxygen atoms in total. The van der Waals surface area contributed by atoms with Crippen molar-refractivity contribution in [3.8, 4) is 0 Å². The molecule has 0 heteroatoms. The van der Waals surface area contributed by atoms with Gasteiger partial charge in [0.05, 0.1) is 0 Å². The van der Waals surface area contributed by atoms with E-state index in [0.29, 0.717) is 5.92 Å². The second-order valence-corrected chi connectivity index (χ2v) is 9.74. The largest absolute Gasteiger partial charge is 0.0995 e. The van der Waals surface area contributed by atoms with Gasteiger partial charge in [0.2, 0.25) is 0 Å². The highest BCUT2D eigenvalue weighted by Gasteiger charge is 2.18. The Labute approximate surface area is 177 Å². The maximum absolute atomic E-state index is 4.34. The third-order valence-corrected chi connectivity index (χ3v) is 6.03. The molecule has 0 heterocycles. The van der Waals surface area contributed by atoms with Crippen LogP contribution in [0.15, 0.2) is 72.8 Å². The first-order valence-electron chi connectivity index (χ1n) is 11.0. The molecule has 0 bridgehead atoms. The molecule has 29 heavy (non-hydrogen) atoms. The van der Waals surface area contributed by atoms with Crippen LogP contribution in [0.1, 0.15) is 75.1 Å². The van der Waals surface area contributed by atoms with E-state index in [1.54, 1.807) is 0 Å². The highest BCUT2D eigenvalue weighted by Crippen LogP contribution is 2.34. The average molecular weight is 385 g/mol. The highest BCUT2D eigenvalue weighted by atomic mass is 14.2. The molecule has 1 unspecified atom stereocenters. The maximum Gasteiger partial charge on any atom is -0.00698 e. The molecular formula is C29H36. The van der Waals surface area contributed by atoms with Crippen LogP contribution in [0.5, 0.6) is 0 Å².